The van der Waals surface area contributed by atoms with Crippen LogP contribution in [0, 0.1) is 5.92 Å². The number of rotatable bonds is 0. The van der Waals surface area contributed by atoms with E-state index in [9.17, 15) is 0 Å². The Labute approximate surface area is 54.8 Å². The van der Waals surface area contributed by atoms with Crippen LogP contribution in [0.25, 0.3) is 0 Å². The maximum absolute atomic E-state index is 5.37. The standard InChI is InChI=1S/C6H10OS/c8-6-3-5-4(6)1-2-7-5/h4-6,8H,1-3H2. The van der Waals surface area contributed by atoms with Crippen molar-refractivity contribution in [3.8, 4) is 0 Å². The highest BCUT2D eigenvalue weighted by atomic mass is 32.1. The summed E-state index contributed by atoms with van der Waals surface area (Å²) in [6, 6.07) is 0. The second kappa shape index (κ2) is 1.64. The van der Waals surface area contributed by atoms with Crippen LogP contribution in [-0.2, 0) is 4.74 Å². The Bertz CT molecular complexity index is 105. The molecule has 1 saturated heterocycles. The smallest absolute Gasteiger partial charge is 0.0625 e. The lowest BCUT2D eigenvalue weighted by Gasteiger charge is -2.35. The summed E-state index contributed by atoms with van der Waals surface area (Å²) in [6.07, 6.45) is 3.03. The van der Waals surface area contributed by atoms with E-state index in [2.05, 4.69) is 12.6 Å². The Kier molecular flexibility index (Phi) is 1.05. The Morgan fingerprint density at radius 3 is 2.88 bits per heavy atom. The first-order valence-electron chi connectivity index (χ1n) is 3.17. The molecule has 1 aliphatic heterocycles. The third-order valence-electron chi connectivity index (χ3n) is 2.23. The molecule has 2 fully saturated rings. The molecule has 0 spiro atoms. The van der Waals surface area contributed by atoms with Gasteiger partial charge in [0, 0.05) is 11.9 Å². The van der Waals surface area contributed by atoms with Gasteiger partial charge in [-0.15, -0.1) is 0 Å². The quantitative estimate of drug-likeness (QED) is 0.483. The van der Waals surface area contributed by atoms with Gasteiger partial charge in [-0.05, 0) is 18.8 Å². The molecule has 0 bridgehead atoms. The van der Waals surface area contributed by atoms with Crippen molar-refractivity contribution in [3.63, 3.8) is 0 Å². The van der Waals surface area contributed by atoms with E-state index >= 15 is 0 Å². The molecule has 0 amide bonds. The van der Waals surface area contributed by atoms with Gasteiger partial charge in [-0.2, -0.15) is 12.6 Å². The molecule has 1 nitrogen and oxygen atoms in total. The van der Waals surface area contributed by atoms with Crippen LogP contribution in [0.4, 0.5) is 0 Å². The lowest BCUT2D eigenvalue weighted by Crippen LogP contribution is -2.38. The minimum atomic E-state index is 0.595. The summed E-state index contributed by atoms with van der Waals surface area (Å²) in [6.45, 7) is 0.979. The molecule has 3 unspecified atom stereocenters. The summed E-state index contributed by atoms with van der Waals surface area (Å²) in [7, 11) is 0. The van der Waals surface area contributed by atoms with Gasteiger partial charge < -0.3 is 4.74 Å². The summed E-state index contributed by atoms with van der Waals surface area (Å²) in [5.41, 5.74) is 0. The fourth-order valence-electron chi connectivity index (χ4n) is 1.56. The summed E-state index contributed by atoms with van der Waals surface area (Å²) in [5.74, 6) is 0.804. The second-order valence-electron chi connectivity index (χ2n) is 2.66. The van der Waals surface area contributed by atoms with Crippen molar-refractivity contribution in [2.45, 2.75) is 24.2 Å². The lowest BCUT2D eigenvalue weighted by molar-refractivity contribution is 0.0395. The Balaban J connectivity index is 2.02. The molecule has 2 rings (SSSR count). The van der Waals surface area contributed by atoms with Crippen molar-refractivity contribution in [2.75, 3.05) is 6.61 Å². The molecule has 0 aromatic carbocycles. The molecule has 0 radical (unpaired) electrons. The third-order valence-corrected chi connectivity index (χ3v) is 2.82. The molecular formula is C6H10OS. The Morgan fingerprint density at radius 2 is 2.38 bits per heavy atom. The van der Waals surface area contributed by atoms with Crippen LogP contribution in [0.1, 0.15) is 12.8 Å². The average Bonchev–Trinajstić information content (AvgIpc) is 2.09. The average molecular weight is 130 g/mol. The van der Waals surface area contributed by atoms with Crippen molar-refractivity contribution in [1.82, 2.24) is 0 Å². The van der Waals surface area contributed by atoms with E-state index in [1.165, 1.54) is 12.8 Å². The topological polar surface area (TPSA) is 9.23 Å². The molecule has 2 aliphatic rings. The molecule has 46 valence electrons. The number of hydrogen-bond donors (Lipinski definition) is 1. The van der Waals surface area contributed by atoms with E-state index in [-0.39, 0.29) is 0 Å². The molecule has 0 aromatic rings. The fraction of sp³-hybridized carbons (Fsp3) is 1.00. The van der Waals surface area contributed by atoms with E-state index in [0.29, 0.717) is 11.4 Å². The largest absolute Gasteiger partial charge is 0.378 e. The van der Waals surface area contributed by atoms with Gasteiger partial charge in [-0.1, -0.05) is 0 Å². The van der Waals surface area contributed by atoms with E-state index in [0.717, 1.165) is 12.5 Å². The Morgan fingerprint density at radius 1 is 1.50 bits per heavy atom. The van der Waals surface area contributed by atoms with Crippen LogP contribution < -0.4 is 0 Å². The second-order valence-corrected chi connectivity index (χ2v) is 3.33. The summed E-state index contributed by atoms with van der Waals surface area (Å²) in [4.78, 5) is 0. The Hall–Kier alpha value is 0.310. The molecule has 1 saturated carbocycles. The molecule has 1 heterocycles. The molecule has 1 aliphatic carbocycles. The first-order valence-corrected chi connectivity index (χ1v) is 3.69. The van der Waals surface area contributed by atoms with Crippen LogP contribution in [0.5, 0.6) is 0 Å². The first kappa shape index (κ1) is 5.12. The van der Waals surface area contributed by atoms with E-state index in [4.69, 9.17) is 4.74 Å². The first-order chi connectivity index (χ1) is 3.88. The number of fused-ring (bicyclic) bond motifs is 1. The van der Waals surface area contributed by atoms with Gasteiger partial charge in [0.25, 0.3) is 0 Å². The molecule has 2 heteroatoms. The van der Waals surface area contributed by atoms with E-state index in [1.807, 2.05) is 0 Å². The predicted molar refractivity (Wildman–Crippen MR) is 35.2 cm³/mol. The lowest BCUT2D eigenvalue weighted by atomic mass is 9.81. The van der Waals surface area contributed by atoms with Crippen LogP contribution >= 0.6 is 12.6 Å². The van der Waals surface area contributed by atoms with Gasteiger partial charge in [-0.3, -0.25) is 0 Å². The molecule has 0 aromatic heterocycles. The number of hydrogen-bond acceptors (Lipinski definition) is 2. The third kappa shape index (κ3) is 0.531. The molecular weight excluding hydrogens is 120 g/mol. The highest BCUT2D eigenvalue weighted by Crippen LogP contribution is 2.41. The van der Waals surface area contributed by atoms with Crippen LogP contribution in [0.15, 0.2) is 0 Å². The molecule has 8 heavy (non-hydrogen) atoms. The predicted octanol–water partition coefficient (Wildman–Crippen LogP) is 1.09. The van der Waals surface area contributed by atoms with Crippen LogP contribution in [-0.4, -0.2) is 18.0 Å². The summed E-state index contributed by atoms with van der Waals surface area (Å²) >= 11 is 4.38. The zero-order chi connectivity index (χ0) is 5.56. The zero-order valence-electron chi connectivity index (χ0n) is 4.71. The normalized spacial score (nSPS) is 52.9. The zero-order valence-corrected chi connectivity index (χ0v) is 5.60. The van der Waals surface area contributed by atoms with Gasteiger partial charge in [-0.25, -0.2) is 0 Å². The highest BCUT2D eigenvalue weighted by Gasteiger charge is 2.42. The van der Waals surface area contributed by atoms with Gasteiger partial charge in [0.05, 0.1) is 6.10 Å². The number of thiol groups is 1. The van der Waals surface area contributed by atoms with Crippen molar-refractivity contribution in [1.29, 1.82) is 0 Å². The van der Waals surface area contributed by atoms with Crippen molar-refractivity contribution in [3.05, 3.63) is 0 Å². The van der Waals surface area contributed by atoms with Crippen LogP contribution in [0.2, 0.25) is 0 Å². The van der Waals surface area contributed by atoms with Crippen LogP contribution in [0.3, 0.4) is 0 Å². The summed E-state index contributed by atoms with van der Waals surface area (Å²) < 4.78 is 5.37. The van der Waals surface area contributed by atoms with Gasteiger partial charge in [0.15, 0.2) is 0 Å². The number of ether oxygens (including phenoxy) is 1. The van der Waals surface area contributed by atoms with Gasteiger partial charge >= 0.3 is 0 Å². The van der Waals surface area contributed by atoms with Gasteiger partial charge in [0.1, 0.15) is 0 Å². The minimum absolute atomic E-state index is 0.595. The summed E-state index contributed by atoms with van der Waals surface area (Å²) in [5, 5.41) is 0.655. The van der Waals surface area contributed by atoms with Crippen molar-refractivity contribution in [2.24, 2.45) is 5.92 Å². The SMILES string of the molecule is SC1CC2OCCC12. The van der Waals surface area contributed by atoms with E-state index in [1.54, 1.807) is 0 Å². The minimum Gasteiger partial charge on any atom is -0.378 e. The maximum Gasteiger partial charge on any atom is 0.0625 e. The highest BCUT2D eigenvalue weighted by molar-refractivity contribution is 7.81. The van der Waals surface area contributed by atoms with Crippen molar-refractivity contribution < 1.29 is 4.74 Å². The monoisotopic (exact) mass is 130 g/mol. The van der Waals surface area contributed by atoms with E-state index < -0.39 is 0 Å². The van der Waals surface area contributed by atoms with Crippen molar-refractivity contribution >= 4 is 12.6 Å². The molecule has 0 N–H and O–H groups in total. The maximum atomic E-state index is 5.37. The molecule has 3 atom stereocenters. The van der Waals surface area contributed by atoms with Gasteiger partial charge in [0.2, 0.25) is 0 Å². The fourth-order valence-corrected chi connectivity index (χ4v) is 2.11.